The van der Waals surface area contributed by atoms with E-state index >= 15 is 0 Å². The summed E-state index contributed by atoms with van der Waals surface area (Å²) in [7, 11) is 0. The Kier molecular flexibility index (Phi) is 4.26. The summed E-state index contributed by atoms with van der Waals surface area (Å²) in [6, 6.07) is 14.1. The number of rotatable bonds is 5. The number of carbonyl (C=O) groups excluding carboxylic acids is 1. The van der Waals surface area contributed by atoms with Gasteiger partial charge in [0, 0.05) is 6.54 Å². The molecule has 0 saturated heterocycles. The molecule has 0 saturated carbocycles. The lowest BCUT2D eigenvalue weighted by molar-refractivity contribution is -0.117. The van der Waals surface area contributed by atoms with Gasteiger partial charge < -0.3 is 11.1 Å². The topological polar surface area (TPSA) is 55.1 Å². The van der Waals surface area contributed by atoms with Crippen molar-refractivity contribution in [2.45, 2.75) is 6.54 Å². The molecule has 0 aromatic heterocycles. The third kappa shape index (κ3) is 3.63. The Morgan fingerprint density at radius 3 is 2.47 bits per heavy atom. The first kappa shape index (κ1) is 13.2. The van der Waals surface area contributed by atoms with E-state index in [9.17, 15) is 9.18 Å². The van der Waals surface area contributed by atoms with Gasteiger partial charge in [0.2, 0.25) is 5.91 Å². The summed E-state index contributed by atoms with van der Waals surface area (Å²) in [4.78, 5) is 10.7. The van der Waals surface area contributed by atoms with Gasteiger partial charge in [0.05, 0.1) is 6.54 Å². The Labute approximate surface area is 111 Å². The first-order valence-electron chi connectivity index (χ1n) is 5.99. The highest BCUT2D eigenvalue weighted by Crippen LogP contribution is 2.23. The Morgan fingerprint density at radius 1 is 1.11 bits per heavy atom. The summed E-state index contributed by atoms with van der Waals surface area (Å²) in [6.45, 7) is 0.675. The molecule has 98 valence electrons. The molecule has 0 atom stereocenters. The number of primary amides is 1. The quantitative estimate of drug-likeness (QED) is 0.862. The van der Waals surface area contributed by atoms with Gasteiger partial charge in [-0.25, -0.2) is 4.39 Å². The number of benzene rings is 2. The molecule has 0 fully saturated rings. The molecule has 0 aliphatic carbocycles. The van der Waals surface area contributed by atoms with Gasteiger partial charge in [0.15, 0.2) is 0 Å². The maximum atomic E-state index is 12.9. The molecule has 0 bridgehead atoms. The molecule has 0 spiro atoms. The number of amides is 1. The van der Waals surface area contributed by atoms with Gasteiger partial charge >= 0.3 is 0 Å². The van der Waals surface area contributed by atoms with E-state index in [1.807, 2.05) is 24.3 Å². The van der Waals surface area contributed by atoms with Crippen molar-refractivity contribution in [3.63, 3.8) is 0 Å². The number of hydrogen-bond donors (Lipinski definition) is 2. The Hall–Kier alpha value is -2.20. The van der Waals surface area contributed by atoms with Crippen molar-refractivity contribution in [1.29, 1.82) is 0 Å². The molecule has 0 unspecified atom stereocenters. The molecule has 2 aromatic rings. The maximum Gasteiger partial charge on any atom is 0.231 e. The average molecular weight is 258 g/mol. The van der Waals surface area contributed by atoms with Crippen LogP contribution < -0.4 is 11.1 Å². The van der Waals surface area contributed by atoms with Crippen molar-refractivity contribution < 1.29 is 9.18 Å². The van der Waals surface area contributed by atoms with E-state index in [4.69, 9.17) is 5.73 Å². The minimum Gasteiger partial charge on any atom is -0.369 e. The summed E-state index contributed by atoms with van der Waals surface area (Å²) in [6.07, 6.45) is 0. The van der Waals surface area contributed by atoms with Gasteiger partial charge in [-0.2, -0.15) is 0 Å². The van der Waals surface area contributed by atoms with E-state index in [0.717, 1.165) is 16.7 Å². The van der Waals surface area contributed by atoms with Crippen LogP contribution in [-0.4, -0.2) is 12.5 Å². The molecule has 3 N–H and O–H groups in total. The molecular weight excluding hydrogens is 243 g/mol. The number of carbonyl (C=O) groups is 1. The second kappa shape index (κ2) is 6.11. The van der Waals surface area contributed by atoms with Crippen LogP contribution in [0, 0.1) is 5.82 Å². The normalized spacial score (nSPS) is 10.4. The fraction of sp³-hybridized carbons (Fsp3) is 0.133. The second-order valence-electron chi connectivity index (χ2n) is 4.23. The molecule has 3 nitrogen and oxygen atoms in total. The highest BCUT2D eigenvalue weighted by Gasteiger charge is 2.05. The molecule has 0 aliphatic rings. The largest absolute Gasteiger partial charge is 0.369 e. The van der Waals surface area contributed by atoms with Crippen LogP contribution in [0.5, 0.6) is 0 Å². The van der Waals surface area contributed by atoms with Crippen molar-refractivity contribution in [3.8, 4) is 11.1 Å². The lowest BCUT2D eigenvalue weighted by Crippen LogP contribution is -2.28. The monoisotopic (exact) mass is 258 g/mol. The smallest absolute Gasteiger partial charge is 0.231 e. The summed E-state index contributed by atoms with van der Waals surface area (Å²) < 4.78 is 12.9. The van der Waals surface area contributed by atoms with E-state index in [1.165, 1.54) is 12.1 Å². The van der Waals surface area contributed by atoms with E-state index in [-0.39, 0.29) is 18.3 Å². The lowest BCUT2D eigenvalue weighted by atomic mass is 10.00. The zero-order chi connectivity index (χ0) is 13.7. The van der Waals surface area contributed by atoms with Crippen molar-refractivity contribution in [2.75, 3.05) is 6.54 Å². The number of halogens is 1. The van der Waals surface area contributed by atoms with Crippen molar-refractivity contribution in [1.82, 2.24) is 5.32 Å². The standard InChI is InChI=1S/C15H15FN2O/c16-13-7-5-11(6-8-13)14-4-2-1-3-12(14)9-18-10-15(17)19/h1-8,18H,9-10H2,(H2,17,19). The van der Waals surface area contributed by atoms with Crippen LogP contribution in [0.3, 0.4) is 0 Å². The van der Waals surface area contributed by atoms with Gasteiger partial charge in [-0.1, -0.05) is 36.4 Å². The number of hydrogen-bond acceptors (Lipinski definition) is 2. The first-order valence-corrected chi connectivity index (χ1v) is 5.99. The molecule has 0 radical (unpaired) electrons. The van der Waals surface area contributed by atoms with Crippen LogP contribution in [0.2, 0.25) is 0 Å². The van der Waals surface area contributed by atoms with Crippen LogP contribution in [0.25, 0.3) is 11.1 Å². The van der Waals surface area contributed by atoms with E-state index in [2.05, 4.69) is 5.32 Å². The van der Waals surface area contributed by atoms with Gasteiger partial charge in [0.25, 0.3) is 0 Å². The maximum absolute atomic E-state index is 12.9. The zero-order valence-corrected chi connectivity index (χ0v) is 10.4. The molecule has 1 amide bonds. The van der Waals surface area contributed by atoms with Gasteiger partial charge in [-0.05, 0) is 28.8 Å². The highest BCUT2D eigenvalue weighted by atomic mass is 19.1. The molecule has 2 rings (SSSR count). The van der Waals surface area contributed by atoms with Crippen LogP contribution in [0.15, 0.2) is 48.5 Å². The van der Waals surface area contributed by atoms with Crippen LogP contribution >= 0.6 is 0 Å². The predicted molar refractivity (Wildman–Crippen MR) is 72.7 cm³/mol. The molecule has 0 heterocycles. The Balaban J connectivity index is 2.20. The van der Waals surface area contributed by atoms with E-state index in [1.54, 1.807) is 12.1 Å². The second-order valence-corrected chi connectivity index (χ2v) is 4.23. The van der Waals surface area contributed by atoms with Crippen LogP contribution in [0.1, 0.15) is 5.56 Å². The third-order valence-corrected chi connectivity index (χ3v) is 2.79. The fourth-order valence-corrected chi connectivity index (χ4v) is 1.91. The Bertz CT molecular complexity index is 567. The molecule has 0 aliphatic heterocycles. The van der Waals surface area contributed by atoms with Crippen LogP contribution in [0.4, 0.5) is 4.39 Å². The third-order valence-electron chi connectivity index (χ3n) is 2.79. The van der Waals surface area contributed by atoms with E-state index < -0.39 is 0 Å². The number of nitrogens with two attached hydrogens (primary N) is 1. The zero-order valence-electron chi connectivity index (χ0n) is 10.4. The van der Waals surface area contributed by atoms with Crippen molar-refractivity contribution >= 4 is 5.91 Å². The molecule has 19 heavy (non-hydrogen) atoms. The summed E-state index contributed by atoms with van der Waals surface area (Å²) >= 11 is 0. The molecule has 4 heteroatoms. The summed E-state index contributed by atoms with van der Waals surface area (Å²) in [5.41, 5.74) is 8.07. The molecule has 2 aromatic carbocycles. The SMILES string of the molecule is NC(=O)CNCc1ccccc1-c1ccc(F)cc1. The van der Waals surface area contributed by atoms with Crippen molar-refractivity contribution in [3.05, 3.63) is 59.9 Å². The lowest BCUT2D eigenvalue weighted by Gasteiger charge is -2.10. The highest BCUT2D eigenvalue weighted by molar-refractivity contribution is 5.76. The summed E-state index contributed by atoms with van der Waals surface area (Å²) in [5.74, 6) is -0.646. The van der Waals surface area contributed by atoms with Gasteiger partial charge in [-0.3, -0.25) is 4.79 Å². The molecular formula is C15H15FN2O. The Morgan fingerprint density at radius 2 is 1.79 bits per heavy atom. The fourth-order valence-electron chi connectivity index (χ4n) is 1.91. The minimum atomic E-state index is -0.390. The minimum absolute atomic E-state index is 0.137. The van der Waals surface area contributed by atoms with Gasteiger partial charge in [0.1, 0.15) is 5.82 Å². The first-order chi connectivity index (χ1) is 9.16. The van der Waals surface area contributed by atoms with E-state index in [0.29, 0.717) is 6.54 Å². The predicted octanol–water partition coefficient (Wildman–Crippen LogP) is 2.07. The van der Waals surface area contributed by atoms with Crippen molar-refractivity contribution in [2.24, 2.45) is 5.73 Å². The van der Waals surface area contributed by atoms with Crippen LogP contribution in [-0.2, 0) is 11.3 Å². The average Bonchev–Trinajstić information content (AvgIpc) is 2.40. The number of nitrogens with one attached hydrogen (secondary N) is 1. The summed E-state index contributed by atoms with van der Waals surface area (Å²) in [5, 5.41) is 2.97. The van der Waals surface area contributed by atoms with Gasteiger partial charge in [-0.15, -0.1) is 0 Å².